The average Bonchev–Trinajstić information content (AvgIpc) is 3.16. The number of aromatic nitrogens is 5. The third kappa shape index (κ3) is 4.52. The summed E-state index contributed by atoms with van der Waals surface area (Å²) in [6, 6.07) is 9.22. The zero-order chi connectivity index (χ0) is 25.2. The smallest absolute Gasteiger partial charge is 0.320 e. The average molecular weight is 488 g/mol. The van der Waals surface area contributed by atoms with Crippen molar-refractivity contribution >= 4 is 34.5 Å². The molecule has 0 radical (unpaired) electrons. The van der Waals surface area contributed by atoms with Gasteiger partial charge in [0, 0.05) is 43.3 Å². The SMILES string of the molecule is CCNC(=O)Nc1cc(-n2c3nc(Nc4ccc5c(c4)CNCC5)ncc3c(=O)n2C(C)C)ccn1. The number of urea groups is 1. The molecule has 4 aromatic rings. The van der Waals surface area contributed by atoms with E-state index in [2.05, 4.69) is 43.4 Å². The summed E-state index contributed by atoms with van der Waals surface area (Å²) in [7, 11) is 0. The Kier molecular flexibility index (Phi) is 6.38. The molecule has 11 heteroatoms. The quantitative estimate of drug-likeness (QED) is 0.329. The summed E-state index contributed by atoms with van der Waals surface area (Å²) in [5.74, 6) is 0.744. The van der Waals surface area contributed by atoms with Gasteiger partial charge in [0.25, 0.3) is 5.56 Å². The Labute approximate surface area is 208 Å². The molecule has 186 valence electrons. The molecular weight excluding hydrogens is 458 g/mol. The van der Waals surface area contributed by atoms with Crippen LogP contribution in [0.15, 0.2) is 47.5 Å². The van der Waals surface area contributed by atoms with E-state index in [0.717, 1.165) is 25.2 Å². The first kappa shape index (κ1) is 23.5. The van der Waals surface area contributed by atoms with Crippen LogP contribution >= 0.6 is 0 Å². The van der Waals surface area contributed by atoms with Gasteiger partial charge in [-0.3, -0.25) is 10.1 Å². The fraction of sp³-hybridized carbons (Fsp3) is 0.320. The third-order valence-electron chi connectivity index (χ3n) is 6.03. The van der Waals surface area contributed by atoms with E-state index in [-0.39, 0.29) is 17.6 Å². The van der Waals surface area contributed by atoms with Gasteiger partial charge in [0.15, 0.2) is 5.65 Å². The zero-order valence-corrected chi connectivity index (χ0v) is 20.5. The largest absolute Gasteiger partial charge is 0.338 e. The van der Waals surface area contributed by atoms with Crippen molar-refractivity contribution in [1.29, 1.82) is 0 Å². The fourth-order valence-corrected chi connectivity index (χ4v) is 4.40. The van der Waals surface area contributed by atoms with Crippen LogP contribution in [0, 0.1) is 0 Å². The minimum atomic E-state index is -0.352. The third-order valence-corrected chi connectivity index (χ3v) is 6.03. The Morgan fingerprint density at radius 3 is 2.83 bits per heavy atom. The Hall–Kier alpha value is -4.25. The Balaban J connectivity index is 1.56. The highest BCUT2D eigenvalue weighted by molar-refractivity contribution is 5.88. The topological polar surface area (TPSA) is 131 Å². The van der Waals surface area contributed by atoms with Crippen LogP contribution in [-0.2, 0) is 13.0 Å². The van der Waals surface area contributed by atoms with Crippen molar-refractivity contribution in [3.8, 4) is 5.69 Å². The first-order valence-corrected chi connectivity index (χ1v) is 12.1. The molecule has 1 aromatic carbocycles. The summed E-state index contributed by atoms with van der Waals surface area (Å²) >= 11 is 0. The second-order valence-corrected chi connectivity index (χ2v) is 8.91. The molecule has 0 spiro atoms. The van der Waals surface area contributed by atoms with Gasteiger partial charge in [-0.1, -0.05) is 6.07 Å². The number of carbonyl (C=O) groups is 1. The van der Waals surface area contributed by atoms with E-state index >= 15 is 0 Å². The minimum Gasteiger partial charge on any atom is -0.338 e. The summed E-state index contributed by atoms with van der Waals surface area (Å²) in [6.07, 6.45) is 4.15. The van der Waals surface area contributed by atoms with E-state index < -0.39 is 0 Å². The number of hydrogen-bond acceptors (Lipinski definition) is 7. The van der Waals surface area contributed by atoms with Crippen molar-refractivity contribution < 1.29 is 4.79 Å². The van der Waals surface area contributed by atoms with E-state index in [1.54, 1.807) is 33.9 Å². The summed E-state index contributed by atoms with van der Waals surface area (Å²) in [5.41, 5.74) is 4.38. The summed E-state index contributed by atoms with van der Waals surface area (Å²) < 4.78 is 3.37. The molecule has 0 saturated heterocycles. The monoisotopic (exact) mass is 487 g/mol. The van der Waals surface area contributed by atoms with Crippen molar-refractivity contribution in [1.82, 2.24) is 34.9 Å². The number of anilines is 3. The predicted octanol–water partition coefficient (Wildman–Crippen LogP) is 3.09. The van der Waals surface area contributed by atoms with Gasteiger partial charge < -0.3 is 16.0 Å². The Morgan fingerprint density at radius 1 is 1.17 bits per heavy atom. The number of rotatable bonds is 6. The number of amides is 2. The lowest BCUT2D eigenvalue weighted by Gasteiger charge is -2.18. The minimum absolute atomic E-state index is 0.149. The molecule has 0 bridgehead atoms. The molecule has 1 aliphatic heterocycles. The lowest BCUT2D eigenvalue weighted by Crippen LogP contribution is -2.28. The standard InChI is InChI=1S/C25H29N9O2/c1-4-27-25(36)31-21-12-19(8-10-28-21)34-22-20(23(35)33(34)15(2)3)14-29-24(32-22)30-18-6-5-16-7-9-26-13-17(16)11-18/h5-6,8,10-12,14-15,26H,4,7,9,13H2,1-3H3,(H,29,30,32)(H2,27,28,31,36). The number of nitrogens with zero attached hydrogens (tertiary/aromatic N) is 5. The van der Waals surface area contributed by atoms with Gasteiger partial charge in [0.05, 0.1) is 5.69 Å². The Morgan fingerprint density at radius 2 is 2.03 bits per heavy atom. The predicted molar refractivity (Wildman–Crippen MR) is 139 cm³/mol. The van der Waals surface area contributed by atoms with Crippen LogP contribution in [0.1, 0.15) is 37.9 Å². The molecule has 0 unspecified atom stereocenters. The lowest BCUT2D eigenvalue weighted by atomic mass is 10.0. The van der Waals surface area contributed by atoms with Gasteiger partial charge in [-0.2, -0.15) is 4.98 Å². The molecule has 0 saturated carbocycles. The molecule has 2 amide bonds. The number of pyridine rings is 1. The summed E-state index contributed by atoms with van der Waals surface area (Å²) in [4.78, 5) is 38.7. The van der Waals surface area contributed by atoms with Crippen LogP contribution < -0.4 is 26.8 Å². The van der Waals surface area contributed by atoms with Gasteiger partial charge in [0.2, 0.25) is 5.95 Å². The van der Waals surface area contributed by atoms with Gasteiger partial charge in [-0.25, -0.2) is 24.1 Å². The van der Waals surface area contributed by atoms with Crippen molar-refractivity contribution in [3.05, 3.63) is 64.2 Å². The van der Waals surface area contributed by atoms with E-state index in [1.807, 2.05) is 26.8 Å². The molecule has 0 fully saturated rings. The normalized spacial score (nSPS) is 13.0. The van der Waals surface area contributed by atoms with Crippen LogP contribution in [0.4, 0.5) is 22.2 Å². The van der Waals surface area contributed by atoms with Crippen LogP contribution in [0.3, 0.4) is 0 Å². The molecule has 36 heavy (non-hydrogen) atoms. The van der Waals surface area contributed by atoms with Crippen molar-refractivity contribution in [2.24, 2.45) is 0 Å². The molecule has 3 aromatic heterocycles. The molecular formula is C25H29N9O2. The Bertz CT molecular complexity index is 1490. The number of hydrogen-bond donors (Lipinski definition) is 4. The van der Waals surface area contributed by atoms with Gasteiger partial charge in [-0.15, -0.1) is 0 Å². The number of benzene rings is 1. The second kappa shape index (κ2) is 9.78. The molecule has 1 aliphatic rings. The number of fused-ring (bicyclic) bond motifs is 2. The maximum atomic E-state index is 13.3. The van der Waals surface area contributed by atoms with Crippen LogP contribution in [0.5, 0.6) is 0 Å². The van der Waals surface area contributed by atoms with Crippen LogP contribution in [0.2, 0.25) is 0 Å². The first-order valence-electron chi connectivity index (χ1n) is 12.1. The van der Waals surface area contributed by atoms with E-state index in [1.165, 1.54) is 11.1 Å². The van der Waals surface area contributed by atoms with Gasteiger partial charge in [0.1, 0.15) is 11.2 Å². The van der Waals surface area contributed by atoms with Crippen molar-refractivity contribution in [3.63, 3.8) is 0 Å². The van der Waals surface area contributed by atoms with Gasteiger partial charge in [-0.05, 0) is 63.1 Å². The second-order valence-electron chi connectivity index (χ2n) is 8.91. The molecule has 0 atom stereocenters. The fourth-order valence-electron chi connectivity index (χ4n) is 4.40. The number of carbonyl (C=O) groups excluding carboxylic acids is 1. The molecule has 0 aliphatic carbocycles. The maximum Gasteiger partial charge on any atom is 0.320 e. The van der Waals surface area contributed by atoms with Crippen LogP contribution in [-0.4, -0.2) is 43.4 Å². The van der Waals surface area contributed by atoms with E-state index in [0.29, 0.717) is 35.0 Å². The zero-order valence-electron chi connectivity index (χ0n) is 20.5. The summed E-state index contributed by atoms with van der Waals surface area (Å²) in [5, 5.41) is 12.5. The van der Waals surface area contributed by atoms with Crippen molar-refractivity contribution in [2.75, 3.05) is 23.7 Å². The highest BCUT2D eigenvalue weighted by atomic mass is 16.2. The van der Waals surface area contributed by atoms with Crippen molar-refractivity contribution in [2.45, 2.75) is 39.8 Å². The van der Waals surface area contributed by atoms with Crippen LogP contribution in [0.25, 0.3) is 16.7 Å². The molecule has 5 rings (SSSR count). The number of nitrogens with one attached hydrogen (secondary N) is 4. The summed E-state index contributed by atoms with van der Waals surface area (Å²) in [6.45, 7) is 8.01. The highest BCUT2D eigenvalue weighted by Gasteiger charge is 2.20. The molecule has 4 heterocycles. The maximum absolute atomic E-state index is 13.3. The highest BCUT2D eigenvalue weighted by Crippen LogP contribution is 2.24. The van der Waals surface area contributed by atoms with Gasteiger partial charge >= 0.3 is 6.03 Å². The lowest BCUT2D eigenvalue weighted by molar-refractivity contribution is 0.252. The molecule has 4 N–H and O–H groups in total. The van der Waals surface area contributed by atoms with E-state index in [4.69, 9.17) is 4.98 Å². The molecule has 11 nitrogen and oxygen atoms in total. The van der Waals surface area contributed by atoms with E-state index in [9.17, 15) is 9.59 Å². The first-order chi connectivity index (χ1) is 17.4.